The number of anilines is 2. The molecule has 0 aliphatic carbocycles. The Bertz CT molecular complexity index is 1090. The first kappa shape index (κ1) is 18.3. The Labute approximate surface area is 169 Å². The number of hydrogen-bond acceptors (Lipinski definition) is 6. The van der Waals surface area contributed by atoms with Crippen LogP contribution in [0.2, 0.25) is 0 Å². The normalized spacial score (nSPS) is 17.4. The fraction of sp³-hybridized carbons (Fsp3) is 0.476. The van der Waals surface area contributed by atoms with Crippen molar-refractivity contribution in [2.45, 2.75) is 45.3 Å². The summed E-state index contributed by atoms with van der Waals surface area (Å²) in [5.74, 6) is 0.525. The molecule has 29 heavy (non-hydrogen) atoms. The smallest absolute Gasteiger partial charge is 0.277 e. The molecule has 1 aromatic carbocycles. The number of nitrogens with one attached hydrogen (secondary N) is 3. The number of hydrogen-bond donors (Lipinski definition) is 3. The second-order valence-electron chi connectivity index (χ2n) is 7.81. The largest absolute Gasteiger partial charge is 0.324 e. The van der Waals surface area contributed by atoms with Crippen molar-refractivity contribution in [3.8, 4) is 0 Å². The van der Waals surface area contributed by atoms with Gasteiger partial charge in [-0.25, -0.2) is 9.67 Å². The van der Waals surface area contributed by atoms with Gasteiger partial charge in [-0.3, -0.25) is 9.48 Å². The van der Waals surface area contributed by atoms with Gasteiger partial charge < -0.3 is 16.0 Å². The summed E-state index contributed by atoms with van der Waals surface area (Å²) in [6.45, 7) is 6.47. The Hall–Kier alpha value is -2.71. The van der Waals surface area contributed by atoms with Crippen LogP contribution in [-0.2, 0) is 19.5 Å². The SMILES string of the molecule is CCn1c(=O)c2cnc(Nc3ccc4c(c3)CNCC4)nc2n1C1CCNCC1. The highest BCUT2D eigenvalue weighted by molar-refractivity contribution is 5.75. The summed E-state index contributed by atoms with van der Waals surface area (Å²) in [6, 6.07) is 6.69. The van der Waals surface area contributed by atoms with Gasteiger partial charge in [0.05, 0.1) is 6.04 Å². The van der Waals surface area contributed by atoms with E-state index < -0.39 is 0 Å². The highest BCUT2D eigenvalue weighted by Gasteiger charge is 2.23. The summed E-state index contributed by atoms with van der Waals surface area (Å²) in [6.07, 6.45) is 4.71. The fourth-order valence-electron chi connectivity index (χ4n) is 4.51. The molecule has 8 heteroatoms. The molecule has 3 N–H and O–H groups in total. The lowest BCUT2D eigenvalue weighted by atomic mass is 10.0. The van der Waals surface area contributed by atoms with Crippen LogP contribution in [0.1, 0.15) is 36.9 Å². The molecule has 0 unspecified atom stereocenters. The van der Waals surface area contributed by atoms with Gasteiger partial charge in [-0.05, 0) is 69.1 Å². The van der Waals surface area contributed by atoms with Gasteiger partial charge in [-0.15, -0.1) is 0 Å². The molecule has 152 valence electrons. The summed E-state index contributed by atoms with van der Waals surface area (Å²) in [5.41, 5.74) is 4.39. The van der Waals surface area contributed by atoms with Gasteiger partial charge in [0.2, 0.25) is 5.95 Å². The summed E-state index contributed by atoms with van der Waals surface area (Å²) in [5, 5.41) is 10.7. The topological polar surface area (TPSA) is 88.8 Å². The first-order chi connectivity index (χ1) is 14.2. The molecule has 3 aromatic rings. The van der Waals surface area contributed by atoms with Crippen LogP contribution in [0.3, 0.4) is 0 Å². The van der Waals surface area contributed by atoms with E-state index >= 15 is 0 Å². The van der Waals surface area contributed by atoms with Crippen LogP contribution in [0, 0.1) is 0 Å². The number of fused-ring (bicyclic) bond motifs is 2. The Morgan fingerprint density at radius 3 is 2.86 bits per heavy atom. The van der Waals surface area contributed by atoms with E-state index in [4.69, 9.17) is 4.98 Å². The second kappa shape index (κ2) is 7.61. The monoisotopic (exact) mass is 393 g/mol. The minimum atomic E-state index is -0.00700. The summed E-state index contributed by atoms with van der Waals surface area (Å²) in [7, 11) is 0. The molecule has 4 heterocycles. The third-order valence-electron chi connectivity index (χ3n) is 6.01. The number of rotatable bonds is 4. The summed E-state index contributed by atoms with van der Waals surface area (Å²) >= 11 is 0. The van der Waals surface area contributed by atoms with Gasteiger partial charge in [0.15, 0.2) is 5.65 Å². The van der Waals surface area contributed by atoms with Crippen molar-refractivity contribution in [3.63, 3.8) is 0 Å². The van der Waals surface area contributed by atoms with E-state index in [0.717, 1.165) is 56.8 Å². The first-order valence-corrected chi connectivity index (χ1v) is 10.5. The average Bonchev–Trinajstić information content (AvgIpc) is 3.05. The number of aromatic nitrogens is 4. The van der Waals surface area contributed by atoms with Crippen molar-refractivity contribution in [2.24, 2.45) is 0 Å². The lowest BCUT2D eigenvalue weighted by molar-refractivity contribution is 0.306. The highest BCUT2D eigenvalue weighted by atomic mass is 16.1. The van der Waals surface area contributed by atoms with E-state index in [1.54, 1.807) is 6.20 Å². The van der Waals surface area contributed by atoms with Gasteiger partial charge in [0.25, 0.3) is 5.56 Å². The molecule has 1 saturated heterocycles. The second-order valence-corrected chi connectivity index (χ2v) is 7.81. The molecule has 0 radical (unpaired) electrons. The van der Waals surface area contributed by atoms with Crippen molar-refractivity contribution < 1.29 is 0 Å². The van der Waals surface area contributed by atoms with Gasteiger partial charge in [0.1, 0.15) is 5.39 Å². The van der Waals surface area contributed by atoms with Crippen molar-refractivity contribution in [1.29, 1.82) is 0 Å². The minimum Gasteiger partial charge on any atom is -0.324 e. The Balaban J connectivity index is 1.53. The molecular formula is C21H27N7O. The maximum absolute atomic E-state index is 12.9. The lowest BCUT2D eigenvalue weighted by Gasteiger charge is -2.26. The van der Waals surface area contributed by atoms with E-state index in [9.17, 15) is 4.79 Å². The van der Waals surface area contributed by atoms with Crippen molar-refractivity contribution in [2.75, 3.05) is 25.0 Å². The van der Waals surface area contributed by atoms with Crippen LogP contribution in [0.25, 0.3) is 11.0 Å². The van der Waals surface area contributed by atoms with Crippen LogP contribution in [0.5, 0.6) is 0 Å². The molecule has 2 aliphatic rings. The molecule has 2 aliphatic heterocycles. The zero-order valence-corrected chi connectivity index (χ0v) is 16.7. The molecular weight excluding hydrogens is 366 g/mol. The first-order valence-electron chi connectivity index (χ1n) is 10.5. The third-order valence-corrected chi connectivity index (χ3v) is 6.01. The van der Waals surface area contributed by atoms with Crippen LogP contribution in [-0.4, -0.2) is 39.0 Å². The maximum Gasteiger partial charge on any atom is 0.277 e. The van der Waals surface area contributed by atoms with Crippen LogP contribution in [0.4, 0.5) is 11.6 Å². The molecule has 0 saturated carbocycles. The van der Waals surface area contributed by atoms with Gasteiger partial charge >= 0.3 is 0 Å². The zero-order valence-electron chi connectivity index (χ0n) is 16.7. The number of nitrogens with zero attached hydrogens (tertiary/aromatic N) is 4. The molecule has 2 aromatic heterocycles. The summed E-state index contributed by atoms with van der Waals surface area (Å²) in [4.78, 5) is 22.1. The van der Waals surface area contributed by atoms with E-state index in [1.165, 1.54) is 11.1 Å². The summed E-state index contributed by atoms with van der Waals surface area (Å²) < 4.78 is 3.91. The predicted molar refractivity (Wildman–Crippen MR) is 114 cm³/mol. The fourth-order valence-corrected chi connectivity index (χ4v) is 4.51. The maximum atomic E-state index is 12.9. The average molecular weight is 393 g/mol. The van der Waals surface area contributed by atoms with Crippen molar-refractivity contribution in [1.82, 2.24) is 30.0 Å². The predicted octanol–water partition coefficient (Wildman–Crippen LogP) is 1.93. The Kier molecular flexibility index (Phi) is 4.81. The van der Waals surface area contributed by atoms with Gasteiger partial charge in [-0.1, -0.05) is 6.07 Å². The lowest BCUT2D eigenvalue weighted by Crippen LogP contribution is -2.33. The van der Waals surface area contributed by atoms with E-state index in [1.807, 2.05) is 11.6 Å². The number of piperidine rings is 1. The van der Waals surface area contributed by atoms with Crippen molar-refractivity contribution in [3.05, 3.63) is 45.9 Å². The molecule has 0 atom stereocenters. The molecule has 8 nitrogen and oxygen atoms in total. The molecule has 0 bridgehead atoms. The van der Waals surface area contributed by atoms with Gasteiger partial charge in [-0.2, -0.15) is 4.98 Å². The molecule has 0 spiro atoms. The third kappa shape index (κ3) is 3.32. The van der Waals surface area contributed by atoms with E-state index in [0.29, 0.717) is 17.9 Å². The Morgan fingerprint density at radius 2 is 2.03 bits per heavy atom. The number of benzene rings is 1. The van der Waals surface area contributed by atoms with E-state index in [-0.39, 0.29) is 11.6 Å². The molecule has 1 fully saturated rings. The minimum absolute atomic E-state index is 0.00700. The van der Waals surface area contributed by atoms with Crippen LogP contribution < -0.4 is 21.5 Å². The quantitative estimate of drug-likeness (QED) is 0.628. The standard InChI is InChI=1S/C21H27N7O/c1-2-27-20(29)18-13-24-21(26-19(18)28(27)17-6-9-22-10-7-17)25-16-4-3-14-5-8-23-12-15(14)11-16/h3-4,11,13,17,22-23H,2,5-10,12H2,1H3,(H,24,25,26). The Morgan fingerprint density at radius 1 is 1.17 bits per heavy atom. The van der Waals surface area contributed by atoms with Gasteiger partial charge in [0, 0.05) is 25.0 Å². The molecule has 0 amide bonds. The van der Waals surface area contributed by atoms with Crippen molar-refractivity contribution >= 4 is 22.7 Å². The zero-order chi connectivity index (χ0) is 19.8. The molecule has 5 rings (SSSR count). The van der Waals surface area contributed by atoms with Crippen LogP contribution in [0.15, 0.2) is 29.2 Å². The van der Waals surface area contributed by atoms with Crippen LogP contribution >= 0.6 is 0 Å². The van der Waals surface area contributed by atoms with E-state index in [2.05, 4.69) is 43.8 Å². The highest BCUT2D eigenvalue weighted by Crippen LogP contribution is 2.25.